The Labute approximate surface area is 192 Å². The lowest BCUT2D eigenvalue weighted by Gasteiger charge is -2.26. The van der Waals surface area contributed by atoms with E-state index in [9.17, 15) is 17.8 Å². The van der Waals surface area contributed by atoms with Crippen molar-refractivity contribution in [2.45, 2.75) is 11.3 Å². The Morgan fingerprint density at radius 3 is 2.30 bits per heavy atom. The molecule has 3 N–H and O–H groups in total. The van der Waals surface area contributed by atoms with E-state index in [1.165, 1.54) is 12.0 Å². The van der Waals surface area contributed by atoms with Gasteiger partial charge in [-0.15, -0.1) is 0 Å². The SMILES string of the molecule is COc1cc(CS(=O)(=O)O)cc(-c2cccc([C@@]3(c4ccccc4)N=C(N)N(C)C3=O)c2)c1. The molecule has 0 saturated heterocycles. The van der Waals surface area contributed by atoms with Crippen LogP contribution in [0.5, 0.6) is 5.75 Å². The molecule has 0 spiro atoms. The van der Waals surface area contributed by atoms with Crippen molar-refractivity contribution in [3.05, 3.63) is 89.5 Å². The molecule has 0 bridgehead atoms. The molecule has 0 fully saturated rings. The number of nitrogens with two attached hydrogens (primary N) is 1. The van der Waals surface area contributed by atoms with Gasteiger partial charge in [-0.05, 0) is 52.1 Å². The van der Waals surface area contributed by atoms with E-state index in [-0.39, 0.29) is 11.9 Å². The maximum Gasteiger partial charge on any atom is 0.269 e. The number of benzene rings is 3. The van der Waals surface area contributed by atoms with Crippen molar-refractivity contribution >= 4 is 22.0 Å². The van der Waals surface area contributed by atoms with Crippen LogP contribution in [0.1, 0.15) is 16.7 Å². The van der Waals surface area contributed by atoms with Gasteiger partial charge in [-0.25, -0.2) is 4.99 Å². The predicted molar refractivity (Wildman–Crippen MR) is 125 cm³/mol. The van der Waals surface area contributed by atoms with Gasteiger partial charge in [0.25, 0.3) is 16.0 Å². The van der Waals surface area contributed by atoms with E-state index in [1.807, 2.05) is 48.5 Å². The van der Waals surface area contributed by atoms with Gasteiger partial charge in [0.15, 0.2) is 11.5 Å². The fourth-order valence-corrected chi connectivity index (χ4v) is 4.61. The van der Waals surface area contributed by atoms with Crippen molar-refractivity contribution in [2.75, 3.05) is 14.2 Å². The molecule has 1 atom stereocenters. The van der Waals surface area contributed by atoms with E-state index < -0.39 is 21.4 Å². The molecule has 0 radical (unpaired) electrons. The van der Waals surface area contributed by atoms with Crippen LogP contribution in [0.4, 0.5) is 0 Å². The fraction of sp³-hybridized carbons (Fsp3) is 0.167. The Kier molecular flexibility index (Phi) is 5.69. The van der Waals surface area contributed by atoms with Crippen LogP contribution in [0.2, 0.25) is 0 Å². The average Bonchev–Trinajstić information content (AvgIpc) is 3.03. The summed E-state index contributed by atoms with van der Waals surface area (Å²) in [5.74, 6) is -0.269. The summed E-state index contributed by atoms with van der Waals surface area (Å²) in [5.41, 5.74) is 7.74. The Balaban J connectivity index is 1.89. The maximum absolute atomic E-state index is 13.4. The second kappa shape index (κ2) is 8.34. The lowest BCUT2D eigenvalue weighted by atomic mass is 9.81. The second-order valence-electron chi connectivity index (χ2n) is 7.79. The summed E-state index contributed by atoms with van der Waals surface area (Å²) in [5, 5.41) is 0. The predicted octanol–water partition coefficient (Wildman–Crippen LogP) is 2.78. The van der Waals surface area contributed by atoms with Crippen LogP contribution in [-0.4, -0.2) is 43.9 Å². The topological polar surface area (TPSA) is 122 Å². The highest BCUT2D eigenvalue weighted by Gasteiger charge is 2.49. The van der Waals surface area contributed by atoms with E-state index >= 15 is 0 Å². The molecule has 0 unspecified atom stereocenters. The third-order valence-electron chi connectivity index (χ3n) is 5.60. The molecule has 3 aromatic carbocycles. The zero-order valence-electron chi connectivity index (χ0n) is 18.1. The molecule has 3 aromatic rings. The summed E-state index contributed by atoms with van der Waals surface area (Å²) in [6.45, 7) is 0. The first-order valence-corrected chi connectivity index (χ1v) is 11.7. The highest BCUT2D eigenvalue weighted by Crippen LogP contribution is 2.40. The molecule has 1 aliphatic rings. The normalized spacial score (nSPS) is 18.3. The molecular weight excluding hydrogens is 442 g/mol. The first-order chi connectivity index (χ1) is 15.6. The van der Waals surface area contributed by atoms with Crippen LogP contribution in [0.3, 0.4) is 0 Å². The van der Waals surface area contributed by atoms with Gasteiger partial charge in [-0.2, -0.15) is 8.42 Å². The zero-order chi connectivity index (χ0) is 23.8. The fourth-order valence-electron chi connectivity index (χ4n) is 4.03. The van der Waals surface area contributed by atoms with Crippen molar-refractivity contribution < 1.29 is 22.5 Å². The largest absolute Gasteiger partial charge is 0.497 e. The number of aliphatic imine (C=N–C) groups is 1. The zero-order valence-corrected chi connectivity index (χ0v) is 18.9. The van der Waals surface area contributed by atoms with Crippen LogP contribution in [0, 0.1) is 0 Å². The second-order valence-corrected chi connectivity index (χ2v) is 9.24. The Bertz CT molecular complexity index is 1360. The van der Waals surface area contributed by atoms with Crippen LogP contribution in [0.25, 0.3) is 11.1 Å². The smallest absolute Gasteiger partial charge is 0.269 e. The molecule has 4 rings (SSSR count). The first kappa shape index (κ1) is 22.5. The minimum absolute atomic E-state index is 0.117. The van der Waals surface area contributed by atoms with Crippen molar-refractivity contribution in [1.82, 2.24) is 4.90 Å². The van der Waals surface area contributed by atoms with Crippen molar-refractivity contribution in [1.29, 1.82) is 0 Å². The van der Waals surface area contributed by atoms with Gasteiger partial charge < -0.3 is 10.5 Å². The van der Waals surface area contributed by atoms with Crippen molar-refractivity contribution in [3.63, 3.8) is 0 Å². The number of ether oxygens (including phenoxy) is 1. The molecule has 1 amide bonds. The summed E-state index contributed by atoms with van der Waals surface area (Å²) in [6.07, 6.45) is 0. The lowest BCUT2D eigenvalue weighted by Crippen LogP contribution is -2.41. The Morgan fingerprint density at radius 1 is 1.00 bits per heavy atom. The Morgan fingerprint density at radius 2 is 1.70 bits per heavy atom. The number of likely N-dealkylation sites (N-methyl/N-ethyl adjacent to an activating group) is 1. The van der Waals surface area contributed by atoms with Gasteiger partial charge in [-0.3, -0.25) is 14.2 Å². The molecule has 170 valence electrons. The first-order valence-electron chi connectivity index (χ1n) is 10.1. The van der Waals surface area contributed by atoms with Crippen LogP contribution in [-0.2, 0) is 26.2 Å². The van der Waals surface area contributed by atoms with Gasteiger partial charge in [0.2, 0.25) is 0 Å². The van der Waals surface area contributed by atoms with E-state index in [1.54, 1.807) is 31.3 Å². The molecule has 0 saturated carbocycles. The highest BCUT2D eigenvalue weighted by molar-refractivity contribution is 7.85. The lowest BCUT2D eigenvalue weighted by molar-refractivity contribution is -0.129. The van der Waals surface area contributed by atoms with Gasteiger partial charge >= 0.3 is 0 Å². The number of hydrogen-bond donors (Lipinski definition) is 2. The number of methoxy groups -OCH3 is 1. The molecule has 33 heavy (non-hydrogen) atoms. The van der Waals surface area contributed by atoms with E-state index in [2.05, 4.69) is 4.99 Å². The van der Waals surface area contributed by atoms with Crippen molar-refractivity contribution in [2.24, 2.45) is 10.7 Å². The standard InChI is InChI=1S/C24H23N3O5S/c1-27-22(28)24(26-23(27)25,19-8-4-3-5-9-19)20-10-6-7-17(13-20)18-11-16(15-33(29,30)31)12-21(14-18)32-2/h3-14H,15H2,1-2H3,(H2,25,26)(H,29,30,31)/t24-/m1/s1. The summed E-state index contributed by atoms with van der Waals surface area (Å²) in [7, 11) is -1.17. The molecule has 1 aliphatic heterocycles. The third kappa shape index (κ3) is 4.20. The monoisotopic (exact) mass is 465 g/mol. The van der Waals surface area contributed by atoms with E-state index in [4.69, 9.17) is 10.5 Å². The number of hydrogen-bond acceptors (Lipinski definition) is 6. The quantitative estimate of drug-likeness (QED) is 0.540. The molecule has 0 aliphatic carbocycles. The number of carbonyl (C=O) groups excluding carboxylic acids is 1. The van der Waals surface area contributed by atoms with Crippen LogP contribution >= 0.6 is 0 Å². The molecule has 9 heteroatoms. The van der Waals surface area contributed by atoms with Crippen LogP contribution in [0.15, 0.2) is 77.8 Å². The summed E-state index contributed by atoms with van der Waals surface area (Å²) in [6, 6.07) is 21.4. The molecule has 1 heterocycles. The number of rotatable bonds is 6. The third-order valence-corrected chi connectivity index (χ3v) is 6.29. The van der Waals surface area contributed by atoms with Gasteiger partial charge in [0.05, 0.1) is 7.11 Å². The molecule has 0 aromatic heterocycles. The summed E-state index contributed by atoms with van der Waals surface area (Å²) >= 11 is 0. The van der Waals surface area contributed by atoms with Crippen molar-refractivity contribution in [3.8, 4) is 16.9 Å². The van der Waals surface area contributed by atoms with E-state index in [0.717, 1.165) is 5.56 Å². The Hall–Kier alpha value is -3.69. The van der Waals surface area contributed by atoms with Gasteiger partial charge in [0.1, 0.15) is 11.5 Å². The van der Waals surface area contributed by atoms with Gasteiger partial charge in [0, 0.05) is 7.05 Å². The molecular formula is C24H23N3O5S. The highest BCUT2D eigenvalue weighted by atomic mass is 32.2. The number of amides is 1. The number of carbonyl (C=O) groups is 1. The molecule has 8 nitrogen and oxygen atoms in total. The average molecular weight is 466 g/mol. The number of guanidine groups is 1. The minimum atomic E-state index is -4.23. The maximum atomic E-state index is 13.4. The minimum Gasteiger partial charge on any atom is -0.497 e. The number of nitrogens with zero attached hydrogens (tertiary/aromatic N) is 2. The summed E-state index contributed by atoms with van der Waals surface area (Å²) in [4.78, 5) is 19.3. The van der Waals surface area contributed by atoms with E-state index in [0.29, 0.717) is 28.0 Å². The van der Waals surface area contributed by atoms with Crippen LogP contribution < -0.4 is 10.5 Å². The summed E-state index contributed by atoms with van der Waals surface area (Å²) < 4.78 is 37.4. The van der Waals surface area contributed by atoms with Gasteiger partial charge in [-0.1, -0.05) is 48.5 Å².